The Morgan fingerprint density at radius 3 is 2.58 bits per heavy atom. The monoisotopic (exact) mass is 331 g/mol. The molecule has 0 aromatic heterocycles. The number of amides is 1. The van der Waals surface area contributed by atoms with E-state index in [9.17, 15) is 4.79 Å². The molecule has 0 saturated carbocycles. The summed E-state index contributed by atoms with van der Waals surface area (Å²) in [7, 11) is 1.85. The summed E-state index contributed by atoms with van der Waals surface area (Å²) in [5.41, 5.74) is 1.64. The quantitative estimate of drug-likeness (QED) is 0.870. The van der Waals surface area contributed by atoms with Gasteiger partial charge in [-0.05, 0) is 50.9 Å². The van der Waals surface area contributed by atoms with Gasteiger partial charge < -0.3 is 15.4 Å². The van der Waals surface area contributed by atoms with Crippen LogP contribution in [0.15, 0.2) is 24.3 Å². The van der Waals surface area contributed by atoms with Gasteiger partial charge in [0, 0.05) is 38.0 Å². The van der Waals surface area contributed by atoms with E-state index in [4.69, 9.17) is 4.74 Å². The molecule has 24 heavy (non-hydrogen) atoms. The average molecular weight is 331 g/mol. The van der Waals surface area contributed by atoms with Crippen LogP contribution in [0.1, 0.15) is 42.5 Å². The molecule has 0 spiro atoms. The Hall–Kier alpha value is -1.59. The van der Waals surface area contributed by atoms with Crippen LogP contribution in [-0.2, 0) is 4.74 Å². The van der Waals surface area contributed by atoms with Gasteiger partial charge in [-0.2, -0.15) is 0 Å². The van der Waals surface area contributed by atoms with Crippen molar-refractivity contribution in [2.45, 2.75) is 37.6 Å². The highest BCUT2D eigenvalue weighted by molar-refractivity contribution is 5.99. The van der Waals surface area contributed by atoms with Gasteiger partial charge in [0.1, 0.15) is 0 Å². The minimum absolute atomic E-state index is 0.00262. The summed E-state index contributed by atoms with van der Waals surface area (Å²) in [5.74, 6) is 0.00262. The van der Waals surface area contributed by atoms with E-state index < -0.39 is 0 Å². The molecule has 1 aromatic rings. The zero-order valence-corrected chi connectivity index (χ0v) is 14.6. The van der Waals surface area contributed by atoms with E-state index in [0.717, 1.165) is 44.8 Å². The van der Waals surface area contributed by atoms with Crippen molar-refractivity contribution in [1.82, 2.24) is 10.2 Å². The second kappa shape index (κ2) is 7.99. The number of para-hydroxylation sites is 1. The summed E-state index contributed by atoms with van der Waals surface area (Å²) in [5, 5.41) is 6.30. The highest BCUT2D eigenvalue weighted by Crippen LogP contribution is 2.30. The van der Waals surface area contributed by atoms with Gasteiger partial charge in [0.25, 0.3) is 5.91 Å². The Morgan fingerprint density at radius 2 is 1.88 bits per heavy atom. The third-order valence-corrected chi connectivity index (χ3v) is 5.47. The Balaban J connectivity index is 1.70. The van der Waals surface area contributed by atoms with Gasteiger partial charge in [-0.25, -0.2) is 0 Å². The van der Waals surface area contributed by atoms with E-state index in [-0.39, 0.29) is 11.4 Å². The Bertz CT molecular complexity index is 549. The van der Waals surface area contributed by atoms with Crippen molar-refractivity contribution < 1.29 is 9.53 Å². The Labute approximate surface area is 144 Å². The minimum Gasteiger partial charge on any atom is -0.387 e. The molecule has 1 amide bonds. The fraction of sp³-hybridized carbons (Fsp3) is 0.632. The summed E-state index contributed by atoms with van der Waals surface area (Å²) < 4.78 is 5.59. The van der Waals surface area contributed by atoms with Crippen LogP contribution in [0.5, 0.6) is 0 Å². The second-order valence-corrected chi connectivity index (χ2v) is 6.86. The summed E-state index contributed by atoms with van der Waals surface area (Å²) in [6, 6.07) is 7.66. The Kier molecular flexibility index (Phi) is 5.74. The molecule has 0 unspecified atom stereocenters. The molecule has 0 radical (unpaired) electrons. The zero-order chi connectivity index (χ0) is 16.8. The van der Waals surface area contributed by atoms with E-state index >= 15 is 0 Å². The lowest BCUT2D eigenvalue weighted by atomic mass is 9.86. The summed E-state index contributed by atoms with van der Waals surface area (Å²) >= 11 is 0. The number of anilines is 1. The Morgan fingerprint density at radius 1 is 1.17 bits per heavy atom. The molecule has 2 aliphatic rings. The number of rotatable bonds is 5. The van der Waals surface area contributed by atoms with Crippen molar-refractivity contribution in [2.75, 3.05) is 45.2 Å². The lowest BCUT2D eigenvalue weighted by Crippen LogP contribution is -2.59. The molecular weight excluding hydrogens is 302 g/mol. The van der Waals surface area contributed by atoms with Crippen LogP contribution < -0.4 is 10.6 Å². The molecule has 2 aliphatic heterocycles. The lowest BCUT2D eigenvalue weighted by Gasteiger charge is -2.48. The molecule has 132 valence electrons. The maximum Gasteiger partial charge on any atom is 0.253 e. The molecule has 5 heteroatoms. The maximum absolute atomic E-state index is 12.7. The van der Waals surface area contributed by atoms with Crippen molar-refractivity contribution in [3.05, 3.63) is 29.8 Å². The predicted octanol–water partition coefficient (Wildman–Crippen LogP) is 2.49. The molecule has 3 rings (SSSR count). The number of piperidine rings is 1. The van der Waals surface area contributed by atoms with Crippen LogP contribution in [0.25, 0.3) is 0 Å². The fourth-order valence-corrected chi connectivity index (χ4v) is 3.96. The topological polar surface area (TPSA) is 53.6 Å². The number of hydrogen-bond acceptors (Lipinski definition) is 4. The first kappa shape index (κ1) is 17.2. The van der Waals surface area contributed by atoms with Crippen molar-refractivity contribution in [2.24, 2.45) is 0 Å². The van der Waals surface area contributed by atoms with Gasteiger partial charge in [0.15, 0.2) is 0 Å². The summed E-state index contributed by atoms with van der Waals surface area (Å²) in [6.07, 6.45) is 5.85. The largest absolute Gasteiger partial charge is 0.387 e. The van der Waals surface area contributed by atoms with Crippen LogP contribution in [0, 0.1) is 0 Å². The first-order valence-electron chi connectivity index (χ1n) is 9.13. The van der Waals surface area contributed by atoms with E-state index in [0.29, 0.717) is 12.1 Å². The predicted molar refractivity (Wildman–Crippen MR) is 96.5 cm³/mol. The molecule has 2 fully saturated rings. The summed E-state index contributed by atoms with van der Waals surface area (Å²) in [6.45, 7) is 4.57. The number of carbonyl (C=O) groups is 1. The van der Waals surface area contributed by atoms with E-state index in [1.165, 1.54) is 19.3 Å². The zero-order valence-electron chi connectivity index (χ0n) is 14.6. The number of nitrogens with zero attached hydrogens (tertiary/aromatic N) is 1. The maximum atomic E-state index is 12.7. The van der Waals surface area contributed by atoms with Crippen molar-refractivity contribution in [3.8, 4) is 0 Å². The number of ether oxygens (including phenoxy) is 1. The number of hydrogen-bond donors (Lipinski definition) is 2. The molecule has 2 heterocycles. The average Bonchev–Trinajstić information content (AvgIpc) is 2.67. The SMILES string of the molecule is CNc1ccccc1C(=O)NCC1(N2CCCCC2)CCOCC1. The van der Waals surface area contributed by atoms with Gasteiger partial charge >= 0.3 is 0 Å². The van der Waals surface area contributed by atoms with Crippen LogP contribution in [0.2, 0.25) is 0 Å². The molecule has 0 atom stereocenters. The van der Waals surface area contributed by atoms with E-state index in [2.05, 4.69) is 15.5 Å². The smallest absolute Gasteiger partial charge is 0.253 e. The van der Waals surface area contributed by atoms with Gasteiger partial charge in [0.05, 0.1) is 5.56 Å². The standard InChI is InChI=1S/C19H29N3O2/c1-20-17-8-4-3-7-16(17)18(23)21-15-19(9-13-24-14-10-19)22-11-5-2-6-12-22/h3-4,7-8,20H,2,5-6,9-15H2,1H3,(H,21,23). The number of carbonyl (C=O) groups excluding carboxylic acids is 1. The highest BCUT2D eigenvalue weighted by Gasteiger charge is 2.39. The first-order chi connectivity index (χ1) is 11.7. The minimum atomic E-state index is 0.00262. The van der Waals surface area contributed by atoms with Gasteiger partial charge in [-0.15, -0.1) is 0 Å². The number of benzene rings is 1. The number of likely N-dealkylation sites (tertiary alicyclic amines) is 1. The third kappa shape index (κ3) is 3.73. The van der Waals surface area contributed by atoms with E-state index in [1.807, 2.05) is 31.3 Å². The molecular formula is C19H29N3O2. The molecule has 0 aliphatic carbocycles. The van der Waals surface area contributed by atoms with Gasteiger partial charge in [-0.3, -0.25) is 9.69 Å². The highest BCUT2D eigenvalue weighted by atomic mass is 16.5. The normalized spacial score (nSPS) is 21.2. The molecule has 5 nitrogen and oxygen atoms in total. The molecule has 2 saturated heterocycles. The van der Waals surface area contributed by atoms with E-state index in [1.54, 1.807) is 0 Å². The fourth-order valence-electron chi connectivity index (χ4n) is 3.96. The van der Waals surface area contributed by atoms with Crippen molar-refractivity contribution >= 4 is 11.6 Å². The van der Waals surface area contributed by atoms with Gasteiger partial charge in [0.2, 0.25) is 0 Å². The van der Waals surface area contributed by atoms with Crippen LogP contribution in [0.4, 0.5) is 5.69 Å². The third-order valence-electron chi connectivity index (χ3n) is 5.47. The second-order valence-electron chi connectivity index (χ2n) is 6.86. The molecule has 2 N–H and O–H groups in total. The summed E-state index contributed by atoms with van der Waals surface area (Å²) in [4.78, 5) is 15.3. The first-order valence-corrected chi connectivity index (χ1v) is 9.13. The molecule has 0 bridgehead atoms. The van der Waals surface area contributed by atoms with Crippen LogP contribution in [0.3, 0.4) is 0 Å². The van der Waals surface area contributed by atoms with Crippen molar-refractivity contribution in [3.63, 3.8) is 0 Å². The lowest BCUT2D eigenvalue weighted by molar-refractivity contribution is -0.0349. The number of nitrogens with one attached hydrogen (secondary N) is 2. The van der Waals surface area contributed by atoms with Crippen LogP contribution >= 0.6 is 0 Å². The van der Waals surface area contributed by atoms with Gasteiger partial charge in [-0.1, -0.05) is 18.6 Å². The van der Waals surface area contributed by atoms with Crippen molar-refractivity contribution in [1.29, 1.82) is 0 Å². The van der Waals surface area contributed by atoms with Crippen LogP contribution in [-0.4, -0.2) is 56.2 Å². The molecule has 1 aromatic carbocycles.